The lowest BCUT2D eigenvalue weighted by Gasteiger charge is -2.12. The zero-order chi connectivity index (χ0) is 21.2. The molecule has 0 bridgehead atoms. The van der Waals surface area contributed by atoms with Crippen LogP contribution < -0.4 is 20.7 Å². The fourth-order valence-corrected chi connectivity index (χ4v) is 2.60. The number of hydrogen-bond donors (Lipinski definition) is 3. The van der Waals surface area contributed by atoms with Crippen molar-refractivity contribution in [3.05, 3.63) is 59.6 Å². The Bertz CT molecular complexity index is 866. The third kappa shape index (κ3) is 7.87. The van der Waals surface area contributed by atoms with Gasteiger partial charge >= 0.3 is 0 Å². The van der Waals surface area contributed by atoms with Gasteiger partial charge in [-0.3, -0.25) is 9.59 Å². The van der Waals surface area contributed by atoms with Gasteiger partial charge in [-0.05, 0) is 61.4 Å². The van der Waals surface area contributed by atoms with E-state index in [9.17, 15) is 9.59 Å². The lowest BCUT2D eigenvalue weighted by Crippen LogP contribution is -2.22. The molecule has 0 aliphatic rings. The van der Waals surface area contributed by atoms with Gasteiger partial charge in [-0.2, -0.15) is 0 Å². The molecule has 0 saturated carbocycles. The summed E-state index contributed by atoms with van der Waals surface area (Å²) in [7, 11) is 0. The van der Waals surface area contributed by atoms with Gasteiger partial charge in [0.2, 0.25) is 11.8 Å². The molecule has 0 radical (unpaired) electrons. The smallest absolute Gasteiger partial charge is 0.243 e. The molecule has 0 aliphatic carbocycles. The molecule has 0 aromatic heterocycles. The maximum atomic E-state index is 12.2. The number of anilines is 3. The third-order valence-electron chi connectivity index (χ3n) is 3.79. The third-order valence-corrected chi connectivity index (χ3v) is 4.12. The average molecular weight is 416 g/mol. The molecule has 154 valence electrons. The first-order valence-electron chi connectivity index (χ1n) is 9.37. The van der Waals surface area contributed by atoms with Gasteiger partial charge < -0.3 is 20.7 Å². The highest BCUT2D eigenvalue weighted by Crippen LogP contribution is 2.25. The summed E-state index contributed by atoms with van der Waals surface area (Å²) in [4.78, 5) is 23.9. The van der Waals surface area contributed by atoms with Gasteiger partial charge in [-0.1, -0.05) is 25.1 Å². The van der Waals surface area contributed by atoms with Crippen LogP contribution in [0.4, 0.5) is 17.1 Å². The first-order valence-corrected chi connectivity index (χ1v) is 9.75. The summed E-state index contributed by atoms with van der Waals surface area (Å²) in [6.45, 7) is 8.10. The number of nitrogens with one attached hydrogen (secondary N) is 3. The Hall–Kier alpha value is -2.99. The Morgan fingerprint density at radius 2 is 1.69 bits per heavy atom. The van der Waals surface area contributed by atoms with Gasteiger partial charge in [0.15, 0.2) is 0 Å². The largest absolute Gasteiger partial charge is 0.489 e. The second kappa shape index (κ2) is 11.1. The first-order chi connectivity index (χ1) is 13.9. The molecule has 0 saturated heterocycles. The molecule has 29 heavy (non-hydrogen) atoms. The van der Waals surface area contributed by atoms with Crippen molar-refractivity contribution in [1.82, 2.24) is 0 Å². The molecule has 0 atom stereocenters. The van der Waals surface area contributed by atoms with E-state index in [-0.39, 0.29) is 18.4 Å². The topological polar surface area (TPSA) is 79.5 Å². The molecule has 7 heteroatoms. The molecule has 0 fully saturated rings. The van der Waals surface area contributed by atoms with E-state index in [1.54, 1.807) is 42.5 Å². The van der Waals surface area contributed by atoms with Crippen LogP contribution in [0.5, 0.6) is 5.75 Å². The van der Waals surface area contributed by atoms with E-state index in [0.717, 1.165) is 12.0 Å². The van der Waals surface area contributed by atoms with Crippen LogP contribution in [0.2, 0.25) is 5.02 Å². The predicted molar refractivity (Wildman–Crippen MR) is 119 cm³/mol. The first kappa shape index (κ1) is 22.3. The standard InChI is InChI=1S/C22H26ClN3O3/c1-4-5-21(27)26-17-8-11-19(23)20(12-17)24-13-22(28)25-16-6-9-18(10-7-16)29-14-15(2)3/h6-12,24H,2,4-5,13-14H2,1,3H3,(H,25,28)(H,26,27). The minimum atomic E-state index is -0.225. The number of ether oxygens (including phenoxy) is 1. The number of hydrogen-bond acceptors (Lipinski definition) is 4. The second-order valence-electron chi connectivity index (χ2n) is 6.66. The zero-order valence-corrected chi connectivity index (χ0v) is 17.4. The minimum absolute atomic E-state index is 0.0278. The number of amides is 2. The van der Waals surface area contributed by atoms with Crippen molar-refractivity contribution in [1.29, 1.82) is 0 Å². The summed E-state index contributed by atoms with van der Waals surface area (Å²) >= 11 is 6.18. The van der Waals surface area contributed by atoms with Crippen LogP contribution in [0.3, 0.4) is 0 Å². The Kier molecular flexibility index (Phi) is 8.55. The van der Waals surface area contributed by atoms with Crippen LogP contribution in [0.1, 0.15) is 26.7 Å². The normalized spacial score (nSPS) is 10.2. The highest BCUT2D eigenvalue weighted by atomic mass is 35.5. The lowest BCUT2D eigenvalue weighted by atomic mass is 10.2. The van der Waals surface area contributed by atoms with Gasteiger partial charge in [0.05, 0.1) is 17.3 Å². The predicted octanol–water partition coefficient (Wildman–Crippen LogP) is 5.08. The van der Waals surface area contributed by atoms with Crippen molar-refractivity contribution in [2.75, 3.05) is 29.1 Å². The average Bonchev–Trinajstić information content (AvgIpc) is 2.68. The summed E-state index contributed by atoms with van der Waals surface area (Å²) < 4.78 is 5.53. The van der Waals surface area contributed by atoms with Crippen molar-refractivity contribution >= 4 is 40.5 Å². The number of halogens is 1. The molecule has 0 unspecified atom stereocenters. The highest BCUT2D eigenvalue weighted by molar-refractivity contribution is 6.33. The van der Waals surface area contributed by atoms with E-state index in [2.05, 4.69) is 22.5 Å². The zero-order valence-electron chi connectivity index (χ0n) is 16.7. The molecule has 0 spiro atoms. The van der Waals surface area contributed by atoms with E-state index >= 15 is 0 Å². The number of carbonyl (C=O) groups excluding carboxylic acids is 2. The van der Waals surface area contributed by atoms with Crippen molar-refractivity contribution in [3.8, 4) is 5.75 Å². The van der Waals surface area contributed by atoms with Crippen molar-refractivity contribution in [3.63, 3.8) is 0 Å². The molecule has 2 aromatic carbocycles. The van der Waals surface area contributed by atoms with Crippen molar-refractivity contribution in [2.45, 2.75) is 26.7 Å². The van der Waals surface area contributed by atoms with Gasteiger partial charge in [0.1, 0.15) is 12.4 Å². The van der Waals surface area contributed by atoms with Gasteiger partial charge in [-0.15, -0.1) is 0 Å². The van der Waals surface area contributed by atoms with Crippen LogP contribution in [-0.4, -0.2) is 25.0 Å². The second-order valence-corrected chi connectivity index (χ2v) is 7.07. The van der Waals surface area contributed by atoms with E-state index in [1.807, 2.05) is 13.8 Å². The Labute approximate surface area is 176 Å². The summed E-state index contributed by atoms with van der Waals surface area (Å²) in [6, 6.07) is 12.2. The highest BCUT2D eigenvalue weighted by Gasteiger charge is 2.08. The fourth-order valence-electron chi connectivity index (χ4n) is 2.41. The summed E-state index contributed by atoms with van der Waals surface area (Å²) in [5.41, 5.74) is 2.79. The lowest BCUT2D eigenvalue weighted by molar-refractivity contribution is -0.116. The molecular formula is C22H26ClN3O3. The maximum Gasteiger partial charge on any atom is 0.243 e. The molecular weight excluding hydrogens is 390 g/mol. The SMILES string of the molecule is C=C(C)COc1ccc(NC(=O)CNc2cc(NC(=O)CCC)ccc2Cl)cc1. The number of rotatable bonds is 10. The summed E-state index contributed by atoms with van der Waals surface area (Å²) in [5, 5.41) is 9.06. The van der Waals surface area contributed by atoms with Crippen LogP contribution in [-0.2, 0) is 9.59 Å². The molecule has 0 aliphatic heterocycles. The molecule has 6 nitrogen and oxygen atoms in total. The Morgan fingerprint density at radius 1 is 1.03 bits per heavy atom. The van der Waals surface area contributed by atoms with Crippen LogP contribution in [0.25, 0.3) is 0 Å². The number of carbonyl (C=O) groups is 2. The van der Waals surface area contributed by atoms with E-state index in [1.165, 1.54) is 0 Å². The van der Waals surface area contributed by atoms with Crippen molar-refractivity contribution in [2.24, 2.45) is 0 Å². The van der Waals surface area contributed by atoms with E-state index < -0.39 is 0 Å². The molecule has 3 N–H and O–H groups in total. The van der Waals surface area contributed by atoms with E-state index in [0.29, 0.717) is 40.9 Å². The maximum absolute atomic E-state index is 12.2. The van der Waals surface area contributed by atoms with Gasteiger partial charge in [0, 0.05) is 17.8 Å². The van der Waals surface area contributed by atoms with E-state index in [4.69, 9.17) is 16.3 Å². The molecule has 2 amide bonds. The van der Waals surface area contributed by atoms with Gasteiger partial charge in [-0.25, -0.2) is 0 Å². The summed E-state index contributed by atoms with van der Waals surface area (Å²) in [5.74, 6) is 0.420. The molecule has 2 rings (SSSR count). The molecule has 2 aromatic rings. The van der Waals surface area contributed by atoms with Crippen LogP contribution >= 0.6 is 11.6 Å². The van der Waals surface area contributed by atoms with Crippen LogP contribution in [0.15, 0.2) is 54.6 Å². The number of benzene rings is 2. The minimum Gasteiger partial charge on any atom is -0.489 e. The summed E-state index contributed by atoms with van der Waals surface area (Å²) in [6.07, 6.45) is 1.22. The molecule has 0 heterocycles. The Balaban J connectivity index is 1.88. The fraction of sp³-hybridized carbons (Fsp3) is 0.273. The van der Waals surface area contributed by atoms with Crippen LogP contribution in [0, 0.1) is 0 Å². The van der Waals surface area contributed by atoms with Gasteiger partial charge in [0.25, 0.3) is 0 Å². The quantitative estimate of drug-likeness (QED) is 0.472. The Morgan fingerprint density at radius 3 is 2.34 bits per heavy atom. The van der Waals surface area contributed by atoms with Crippen molar-refractivity contribution < 1.29 is 14.3 Å². The monoisotopic (exact) mass is 415 g/mol.